The van der Waals surface area contributed by atoms with Gasteiger partial charge in [-0.1, -0.05) is 47.0 Å². The van der Waals surface area contributed by atoms with Gasteiger partial charge >= 0.3 is 5.97 Å². The van der Waals surface area contributed by atoms with Gasteiger partial charge in [0.1, 0.15) is 5.60 Å². The molecule has 0 heterocycles. The smallest absolute Gasteiger partial charge is 0.313 e. The Labute approximate surface area is 127 Å². The van der Waals surface area contributed by atoms with Gasteiger partial charge in [0.25, 0.3) is 0 Å². The summed E-state index contributed by atoms with van der Waals surface area (Å²) in [5.41, 5.74) is -0.278. The van der Waals surface area contributed by atoms with E-state index in [-0.39, 0.29) is 17.2 Å². The van der Waals surface area contributed by atoms with E-state index in [0.29, 0.717) is 11.8 Å². The summed E-state index contributed by atoms with van der Waals surface area (Å²) in [6, 6.07) is 0. The number of rotatable bonds is 7. The molecule has 0 aromatic rings. The molecule has 0 radical (unpaired) electrons. The summed E-state index contributed by atoms with van der Waals surface area (Å²) >= 11 is 0. The van der Waals surface area contributed by atoms with Gasteiger partial charge in [-0.25, -0.2) is 0 Å². The molecule has 0 aromatic heterocycles. The first-order chi connectivity index (χ1) is 9.45. The van der Waals surface area contributed by atoms with Gasteiger partial charge in [0.05, 0.1) is 5.66 Å². The molecule has 1 aliphatic rings. The van der Waals surface area contributed by atoms with Gasteiger partial charge in [0.2, 0.25) is 0 Å². The second-order valence-corrected chi connectivity index (χ2v) is 7.57. The number of hydrogen-bond donors (Lipinski definition) is 0. The molecular formula is C17H33O2P. The number of hydrogen-bond acceptors (Lipinski definition) is 2. The molecule has 0 N–H and O–H groups in total. The van der Waals surface area contributed by atoms with Crippen LogP contribution >= 0.6 is 9.24 Å². The van der Waals surface area contributed by atoms with Crippen molar-refractivity contribution in [1.82, 2.24) is 0 Å². The molecule has 1 fully saturated rings. The zero-order chi connectivity index (χ0) is 15.2. The molecule has 0 aromatic carbocycles. The first-order valence-electron chi connectivity index (χ1n) is 8.43. The Kier molecular flexibility index (Phi) is 7.51. The Bertz CT molecular complexity index is 291. The number of carbonyl (C=O) groups is 1. The van der Waals surface area contributed by atoms with Crippen LogP contribution in [0.25, 0.3) is 0 Å². The Morgan fingerprint density at radius 2 is 1.75 bits per heavy atom. The van der Waals surface area contributed by atoms with Crippen LogP contribution < -0.4 is 0 Å². The van der Waals surface area contributed by atoms with Crippen LogP contribution in [0.5, 0.6) is 0 Å². The fraction of sp³-hybridized carbons (Fsp3) is 0.941. The van der Waals surface area contributed by atoms with E-state index in [4.69, 9.17) is 4.74 Å². The fourth-order valence-corrected chi connectivity index (χ4v) is 4.18. The van der Waals surface area contributed by atoms with Crippen molar-refractivity contribution in [3.05, 3.63) is 0 Å². The van der Waals surface area contributed by atoms with Crippen LogP contribution in [0, 0.1) is 11.8 Å². The van der Waals surface area contributed by atoms with Crippen LogP contribution in [-0.4, -0.2) is 17.2 Å². The van der Waals surface area contributed by atoms with Gasteiger partial charge in [-0.2, -0.15) is 0 Å². The standard InChI is InChI=1S/C17H33O2P/c1-5-17(6-2,14-10-8-7-9-11-14)19-16(18)15(20)12-13(3)4/h13-15H,5-12,20H2,1-4H3. The quantitative estimate of drug-likeness (QED) is 0.491. The maximum absolute atomic E-state index is 12.4. The SMILES string of the molecule is CCC(CC)(OC(=O)C(P)CC(C)C)C1CCCCC1. The monoisotopic (exact) mass is 300 g/mol. The van der Waals surface area contributed by atoms with Crippen molar-refractivity contribution in [2.24, 2.45) is 11.8 Å². The Hall–Kier alpha value is -0.100. The summed E-state index contributed by atoms with van der Waals surface area (Å²) in [6.45, 7) is 8.65. The minimum Gasteiger partial charge on any atom is -0.458 e. The molecular weight excluding hydrogens is 267 g/mol. The minimum absolute atomic E-state index is 0.0158. The van der Waals surface area contributed by atoms with Gasteiger partial charge < -0.3 is 4.74 Å². The van der Waals surface area contributed by atoms with E-state index in [1.54, 1.807) is 0 Å². The molecule has 0 spiro atoms. The number of carbonyl (C=O) groups excluding carboxylic acids is 1. The normalized spacial score (nSPS) is 19.1. The number of ether oxygens (including phenoxy) is 1. The summed E-state index contributed by atoms with van der Waals surface area (Å²) in [5, 5.41) is 0. The lowest BCUT2D eigenvalue weighted by Gasteiger charge is -2.41. The van der Waals surface area contributed by atoms with Gasteiger partial charge in [0, 0.05) is 0 Å². The highest BCUT2D eigenvalue weighted by Gasteiger charge is 2.40. The van der Waals surface area contributed by atoms with E-state index in [2.05, 4.69) is 36.9 Å². The summed E-state index contributed by atoms with van der Waals surface area (Å²) in [4.78, 5) is 12.4. The molecule has 2 nitrogen and oxygen atoms in total. The van der Waals surface area contributed by atoms with Gasteiger partial charge in [0.15, 0.2) is 0 Å². The maximum Gasteiger partial charge on any atom is 0.313 e. The highest BCUT2D eigenvalue weighted by Crippen LogP contribution is 2.40. The van der Waals surface area contributed by atoms with Crippen molar-refractivity contribution in [2.75, 3.05) is 0 Å². The van der Waals surface area contributed by atoms with Crippen LogP contribution in [0.4, 0.5) is 0 Å². The number of esters is 1. The van der Waals surface area contributed by atoms with Crippen molar-refractivity contribution < 1.29 is 9.53 Å². The predicted molar refractivity (Wildman–Crippen MR) is 88.9 cm³/mol. The van der Waals surface area contributed by atoms with E-state index in [1.807, 2.05) is 0 Å². The Morgan fingerprint density at radius 3 is 2.20 bits per heavy atom. The van der Waals surface area contributed by atoms with Crippen LogP contribution in [0.3, 0.4) is 0 Å². The van der Waals surface area contributed by atoms with Crippen molar-refractivity contribution in [3.63, 3.8) is 0 Å². The Balaban J connectivity index is 2.72. The molecule has 0 bridgehead atoms. The minimum atomic E-state index is -0.219. The maximum atomic E-state index is 12.4. The largest absolute Gasteiger partial charge is 0.458 e. The van der Waals surface area contributed by atoms with Crippen molar-refractivity contribution in [2.45, 2.75) is 90.3 Å². The van der Waals surface area contributed by atoms with E-state index in [1.165, 1.54) is 32.1 Å². The lowest BCUT2D eigenvalue weighted by Crippen LogP contribution is -2.44. The van der Waals surface area contributed by atoms with E-state index in [0.717, 1.165) is 19.3 Å². The van der Waals surface area contributed by atoms with E-state index >= 15 is 0 Å². The van der Waals surface area contributed by atoms with Gasteiger partial charge in [-0.05, 0) is 43.9 Å². The first-order valence-corrected chi connectivity index (χ1v) is 9.10. The summed E-state index contributed by atoms with van der Waals surface area (Å²) in [6.07, 6.45) is 9.14. The third kappa shape index (κ3) is 4.72. The predicted octanol–water partition coefficient (Wildman–Crippen LogP) is 4.96. The highest BCUT2D eigenvalue weighted by atomic mass is 31.0. The van der Waals surface area contributed by atoms with E-state index < -0.39 is 0 Å². The topological polar surface area (TPSA) is 26.3 Å². The molecule has 2 unspecified atom stereocenters. The fourth-order valence-electron chi connectivity index (χ4n) is 3.56. The highest BCUT2D eigenvalue weighted by molar-refractivity contribution is 7.19. The molecule has 20 heavy (non-hydrogen) atoms. The first kappa shape index (κ1) is 18.0. The van der Waals surface area contributed by atoms with Gasteiger partial charge in [-0.3, -0.25) is 4.79 Å². The second-order valence-electron chi connectivity index (χ2n) is 6.76. The molecule has 0 saturated heterocycles. The molecule has 1 aliphatic carbocycles. The molecule has 3 heteroatoms. The van der Waals surface area contributed by atoms with Crippen molar-refractivity contribution >= 4 is 15.2 Å². The molecule has 0 amide bonds. The lowest BCUT2D eigenvalue weighted by atomic mass is 9.74. The van der Waals surface area contributed by atoms with Gasteiger partial charge in [-0.15, -0.1) is 9.24 Å². The average molecular weight is 300 g/mol. The van der Waals surface area contributed by atoms with Crippen LogP contribution in [0.2, 0.25) is 0 Å². The average Bonchev–Trinajstić information content (AvgIpc) is 2.45. The van der Waals surface area contributed by atoms with Crippen LogP contribution in [0.1, 0.15) is 79.1 Å². The third-order valence-electron chi connectivity index (χ3n) is 4.88. The van der Waals surface area contributed by atoms with E-state index in [9.17, 15) is 4.79 Å². The van der Waals surface area contributed by atoms with Crippen LogP contribution in [0.15, 0.2) is 0 Å². The zero-order valence-corrected chi connectivity index (χ0v) is 14.9. The molecule has 2 atom stereocenters. The van der Waals surface area contributed by atoms with Crippen molar-refractivity contribution in [3.8, 4) is 0 Å². The lowest BCUT2D eigenvalue weighted by molar-refractivity contribution is -0.169. The zero-order valence-electron chi connectivity index (χ0n) is 13.8. The molecule has 1 rings (SSSR count). The molecule has 118 valence electrons. The second kappa shape index (κ2) is 8.37. The molecule has 1 saturated carbocycles. The molecule has 0 aliphatic heterocycles. The summed E-state index contributed by atoms with van der Waals surface area (Å²) < 4.78 is 6.08. The third-order valence-corrected chi connectivity index (χ3v) is 5.42. The summed E-state index contributed by atoms with van der Waals surface area (Å²) in [7, 11) is 2.68. The van der Waals surface area contributed by atoms with Crippen LogP contribution in [-0.2, 0) is 9.53 Å². The van der Waals surface area contributed by atoms with Crippen molar-refractivity contribution in [1.29, 1.82) is 0 Å². The summed E-state index contributed by atoms with van der Waals surface area (Å²) in [5.74, 6) is 1.07. The Morgan fingerprint density at radius 1 is 1.20 bits per heavy atom.